The molecular formula is C9H10N4O5. The van der Waals surface area contributed by atoms with Crippen LogP contribution in [0.3, 0.4) is 0 Å². The summed E-state index contributed by atoms with van der Waals surface area (Å²) in [5, 5.41) is 23.2. The van der Waals surface area contributed by atoms with Crippen molar-refractivity contribution in [2.45, 2.75) is 19.0 Å². The van der Waals surface area contributed by atoms with Crippen molar-refractivity contribution in [3.8, 4) is 0 Å². The number of ketones is 1. The zero-order chi connectivity index (χ0) is 13.3. The Morgan fingerprint density at radius 1 is 1.61 bits per heavy atom. The molecule has 0 radical (unpaired) electrons. The van der Waals surface area contributed by atoms with Crippen molar-refractivity contribution < 1.29 is 19.6 Å². The first-order valence-corrected chi connectivity index (χ1v) is 5.21. The Hall–Kier alpha value is -2.45. The Morgan fingerprint density at radius 3 is 2.89 bits per heavy atom. The zero-order valence-corrected chi connectivity index (χ0v) is 9.22. The van der Waals surface area contributed by atoms with Gasteiger partial charge in [-0.15, -0.1) is 0 Å². The lowest BCUT2D eigenvalue weighted by Crippen LogP contribution is -2.45. The van der Waals surface area contributed by atoms with Crippen LogP contribution in [0.2, 0.25) is 0 Å². The average molecular weight is 254 g/mol. The lowest BCUT2D eigenvalue weighted by Gasteiger charge is -2.31. The molecule has 0 aliphatic carbocycles. The van der Waals surface area contributed by atoms with E-state index in [4.69, 9.17) is 5.11 Å². The molecule has 1 atom stereocenters. The van der Waals surface area contributed by atoms with E-state index in [2.05, 4.69) is 5.10 Å². The molecule has 0 bridgehead atoms. The van der Waals surface area contributed by atoms with Gasteiger partial charge in [-0.1, -0.05) is 0 Å². The van der Waals surface area contributed by atoms with E-state index in [1.807, 2.05) is 0 Å². The van der Waals surface area contributed by atoms with Crippen LogP contribution in [-0.2, 0) is 4.79 Å². The number of carboxylic acid groups (broad SMARTS) is 1. The van der Waals surface area contributed by atoms with Crippen molar-refractivity contribution in [1.29, 1.82) is 0 Å². The molecule has 0 saturated carbocycles. The van der Waals surface area contributed by atoms with Gasteiger partial charge in [0.1, 0.15) is 12.4 Å². The quantitative estimate of drug-likeness (QED) is 0.610. The fourth-order valence-electron chi connectivity index (χ4n) is 1.90. The Labute approximate surface area is 101 Å². The van der Waals surface area contributed by atoms with Crippen molar-refractivity contribution in [3.63, 3.8) is 0 Å². The molecule has 1 N–H and O–H groups in total. The molecule has 1 fully saturated rings. The molecular weight excluding hydrogens is 244 g/mol. The molecule has 1 saturated heterocycles. The molecule has 1 aliphatic rings. The van der Waals surface area contributed by atoms with Crippen molar-refractivity contribution >= 4 is 17.6 Å². The van der Waals surface area contributed by atoms with Gasteiger partial charge in [0.2, 0.25) is 0 Å². The molecule has 1 aliphatic heterocycles. The third-order valence-electron chi connectivity index (χ3n) is 2.70. The lowest BCUT2D eigenvalue weighted by molar-refractivity contribution is -0.385. The summed E-state index contributed by atoms with van der Waals surface area (Å²) in [7, 11) is 0. The van der Waals surface area contributed by atoms with Gasteiger partial charge in [-0.2, -0.15) is 5.10 Å². The summed E-state index contributed by atoms with van der Waals surface area (Å²) < 4.78 is 1.02. The largest absolute Gasteiger partial charge is 0.465 e. The van der Waals surface area contributed by atoms with Crippen molar-refractivity contribution in [3.05, 3.63) is 22.5 Å². The van der Waals surface area contributed by atoms with Crippen LogP contribution < -0.4 is 0 Å². The highest BCUT2D eigenvalue weighted by Gasteiger charge is 2.35. The summed E-state index contributed by atoms with van der Waals surface area (Å²) in [5.74, 6) is -0.318. The van der Waals surface area contributed by atoms with Gasteiger partial charge in [-0.25, -0.2) is 9.48 Å². The number of rotatable bonds is 2. The highest BCUT2D eigenvalue weighted by Crippen LogP contribution is 2.24. The summed E-state index contributed by atoms with van der Waals surface area (Å²) in [6, 6.07) is 0. The fourth-order valence-corrected chi connectivity index (χ4v) is 1.90. The highest BCUT2D eigenvalue weighted by molar-refractivity contribution is 5.86. The second kappa shape index (κ2) is 4.43. The Morgan fingerprint density at radius 2 is 2.33 bits per heavy atom. The van der Waals surface area contributed by atoms with E-state index >= 15 is 0 Å². The number of hydrogen-bond acceptors (Lipinski definition) is 5. The number of carbonyl (C=O) groups is 2. The van der Waals surface area contributed by atoms with E-state index in [1.165, 1.54) is 0 Å². The first kappa shape index (κ1) is 12.0. The second-order valence-corrected chi connectivity index (χ2v) is 3.86. The summed E-state index contributed by atoms with van der Waals surface area (Å²) >= 11 is 0. The predicted octanol–water partition coefficient (Wildman–Crippen LogP) is 0.633. The van der Waals surface area contributed by atoms with E-state index in [1.54, 1.807) is 0 Å². The van der Waals surface area contributed by atoms with E-state index in [-0.39, 0.29) is 24.4 Å². The number of aromatic nitrogens is 2. The molecule has 2 rings (SSSR count). The van der Waals surface area contributed by atoms with Crippen LogP contribution in [0.4, 0.5) is 10.5 Å². The molecule has 1 aromatic rings. The van der Waals surface area contributed by atoms with Gasteiger partial charge in [0, 0.05) is 13.0 Å². The Balaban J connectivity index is 2.34. The third kappa shape index (κ3) is 2.01. The summed E-state index contributed by atoms with van der Waals surface area (Å²) in [5.41, 5.74) is -0.279. The fraction of sp³-hybridized carbons (Fsp3) is 0.444. The number of amides is 1. The van der Waals surface area contributed by atoms with Gasteiger partial charge >= 0.3 is 11.8 Å². The normalized spacial score (nSPS) is 19.9. The maximum absolute atomic E-state index is 11.8. The first-order chi connectivity index (χ1) is 8.50. The molecule has 9 heteroatoms. The summed E-state index contributed by atoms with van der Waals surface area (Å²) in [6.45, 7) is 0.208. The van der Waals surface area contributed by atoms with Gasteiger partial charge in [0.05, 0.1) is 4.92 Å². The topological polar surface area (TPSA) is 119 Å². The molecule has 1 amide bonds. The minimum atomic E-state index is -1.24. The first-order valence-electron chi connectivity index (χ1n) is 5.21. The number of Topliss-reactive ketones (excluding diaryl/α,β-unsaturated/α-hetero) is 1. The molecule has 2 heterocycles. The smallest absolute Gasteiger partial charge is 0.409 e. The molecule has 9 nitrogen and oxygen atoms in total. The average Bonchev–Trinajstić information content (AvgIpc) is 2.77. The zero-order valence-electron chi connectivity index (χ0n) is 9.22. The Bertz CT molecular complexity index is 511. The SMILES string of the molecule is O=C1CCCN(C(=O)O)C1n1cc([N+](=O)[O-])cn1. The highest BCUT2D eigenvalue weighted by atomic mass is 16.6. The van der Waals surface area contributed by atoms with Crippen LogP contribution >= 0.6 is 0 Å². The number of hydrogen-bond donors (Lipinski definition) is 1. The summed E-state index contributed by atoms with van der Waals surface area (Å²) in [6.07, 6.45) is 0.384. The van der Waals surface area contributed by atoms with Gasteiger partial charge in [0.25, 0.3) is 0 Å². The van der Waals surface area contributed by atoms with Crippen LogP contribution in [0.5, 0.6) is 0 Å². The van der Waals surface area contributed by atoms with Crippen LogP contribution in [0.15, 0.2) is 12.4 Å². The van der Waals surface area contributed by atoms with Crippen LogP contribution in [0, 0.1) is 10.1 Å². The van der Waals surface area contributed by atoms with Gasteiger partial charge in [-0.05, 0) is 6.42 Å². The van der Waals surface area contributed by atoms with E-state index in [0.29, 0.717) is 6.42 Å². The number of likely N-dealkylation sites (tertiary alicyclic amines) is 1. The standard InChI is InChI=1S/C9H10N4O5/c14-7-2-1-3-11(9(15)16)8(7)12-5-6(4-10-12)13(17)18/h4-5,8H,1-3H2,(H,15,16). The molecule has 0 aromatic carbocycles. The maximum Gasteiger partial charge on any atom is 0.409 e. The van der Waals surface area contributed by atoms with E-state index in [9.17, 15) is 19.7 Å². The minimum Gasteiger partial charge on any atom is -0.465 e. The second-order valence-electron chi connectivity index (χ2n) is 3.86. The summed E-state index contributed by atoms with van der Waals surface area (Å²) in [4.78, 5) is 33.6. The molecule has 1 unspecified atom stereocenters. The van der Waals surface area contributed by atoms with Crippen molar-refractivity contribution in [2.24, 2.45) is 0 Å². The molecule has 96 valence electrons. The van der Waals surface area contributed by atoms with Crippen molar-refractivity contribution in [1.82, 2.24) is 14.7 Å². The van der Waals surface area contributed by atoms with Gasteiger partial charge in [-0.3, -0.25) is 19.8 Å². The predicted molar refractivity (Wildman–Crippen MR) is 56.9 cm³/mol. The molecule has 18 heavy (non-hydrogen) atoms. The molecule has 0 spiro atoms. The minimum absolute atomic E-state index is 0.208. The third-order valence-corrected chi connectivity index (χ3v) is 2.70. The number of nitro groups is 1. The van der Waals surface area contributed by atoms with Crippen molar-refractivity contribution in [2.75, 3.05) is 6.54 Å². The van der Waals surface area contributed by atoms with Crippen LogP contribution in [0.25, 0.3) is 0 Å². The van der Waals surface area contributed by atoms with Crippen LogP contribution in [0.1, 0.15) is 19.0 Å². The van der Waals surface area contributed by atoms with Gasteiger partial charge in [0.15, 0.2) is 11.9 Å². The number of carbonyl (C=O) groups excluding carboxylic acids is 1. The van der Waals surface area contributed by atoms with E-state index < -0.39 is 17.2 Å². The van der Waals surface area contributed by atoms with E-state index in [0.717, 1.165) is 22.0 Å². The maximum atomic E-state index is 11.8. The number of nitrogens with zero attached hydrogens (tertiary/aromatic N) is 4. The van der Waals surface area contributed by atoms with Gasteiger partial charge < -0.3 is 5.11 Å². The monoisotopic (exact) mass is 254 g/mol. The van der Waals surface area contributed by atoms with Crippen LogP contribution in [-0.4, -0.2) is 43.1 Å². The Kier molecular flexibility index (Phi) is 2.96. The molecule has 1 aromatic heterocycles. The lowest BCUT2D eigenvalue weighted by atomic mass is 10.1. The number of piperidine rings is 1.